The van der Waals surface area contributed by atoms with Gasteiger partial charge in [0, 0.05) is 26.1 Å². The highest BCUT2D eigenvalue weighted by atomic mass is 19.2. The number of nitrogens with one attached hydrogen (secondary N) is 1. The number of hydrogen-bond donors (Lipinski definition) is 1. The van der Waals surface area contributed by atoms with Crippen molar-refractivity contribution in [2.45, 2.75) is 45.1 Å². The average Bonchev–Trinajstić information content (AvgIpc) is 2.57. The minimum Gasteiger partial charge on any atom is -0.350 e. The number of amides is 2. The van der Waals surface area contributed by atoms with Crippen LogP contribution in [0, 0.1) is 17.5 Å². The monoisotopic (exact) mass is 342 g/mol. The van der Waals surface area contributed by atoms with Gasteiger partial charge in [-0.15, -0.1) is 0 Å². The summed E-state index contributed by atoms with van der Waals surface area (Å²) < 4.78 is 39.6. The molecule has 0 aliphatic heterocycles. The van der Waals surface area contributed by atoms with E-state index in [0.717, 1.165) is 38.2 Å². The first-order chi connectivity index (χ1) is 11.4. The molecule has 2 amide bonds. The van der Waals surface area contributed by atoms with Crippen molar-refractivity contribution in [1.29, 1.82) is 0 Å². The molecule has 0 bridgehead atoms. The maximum atomic E-state index is 13.6. The highest BCUT2D eigenvalue weighted by Gasteiger charge is 2.23. The summed E-state index contributed by atoms with van der Waals surface area (Å²) in [5.74, 6) is -5.43. The lowest BCUT2D eigenvalue weighted by atomic mass is 9.94. The first-order valence-electron chi connectivity index (χ1n) is 8.10. The fourth-order valence-corrected chi connectivity index (χ4v) is 3.08. The molecule has 1 aliphatic carbocycles. The Morgan fingerprint density at radius 2 is 1.79 bits per heavy atom. The van der Waals surface area contributed by atoms with E-state index >= 15 is 0 Å². The Labute approximate surface area is 139 Å². The van der Waals surface area contributed by atoms with Crippen LogP contribution in [0.15, 0.2) is 12.1 Å². The topological polar surface area (TPSA) is 49.4 Å². The number of rotatable bonds is 5. The predicted molar refractivity (Wildman–Crippen MR) is 82.9 cm³/mol. The number of carbonyl (C=O) groups is 2. The van der Waals surface area contributed by atoms with Crippen molar-refractivity contribution in [3.05, 3.63) is 35.1 Å². The summed E-state index contributed by atoms with van der Waals surface area (Å²) in [6.07, 6.45) is 5.17. The van der Waals surface area contributed by atoms with Crippen LogP contribution < -0.4 is 5.32 Å². The van der Waals surface area contributed by atoms with Gasteiger partial charge in [-0.3, -0.25) is 9.59 Å². The fourth-order valence-electron chi connectivity index (χ4n) is 3.08. The van der Waals surface area contributed by atoms with Gasteiger partial charge < -0.3 is 10.2 Å². The second-order valence-corrected chi connectivity index (χ2v) is 5.98. The van der Waals surface area contributed by atoms with Gasteiger partial charge in [-0.2, -0.15) is 0 Å². The first-order valence-corrected chi connectivity index (χ1v) is 8.10. The molecule has 0 radical (unpaired) electrons. The zero-order valence-corrected chi connectivity index (χ0v) is 13.6. The van der Waals surface area contributed by atoms with Gasteiger partial charge in [0.2, 0.25) is 5.91 Å². The number of halogens is 3. The van der Waals surface area contributed by atoms with Gasteiger partial charge in [0.05, 0.1) is 5.56 Å². The Kier molecular flexibility index (Phi) is 6.23. The highest BCUT2D eigenvalue weighted by Crippen LogP contribution is 2.22. The zero-order valence-electron chi connectivity index (χ0n) is 13.6. The molecule has 132 valence electrons. The summed E-state index contributed by atoms with van der Waals surface area (Å²) in [7, 11) is 0. The Balaban J connectivity index is 1.93. The predicted octanol–water partition coefficient (Wildman–Crippen LogP) is 3.01. The lowest BCUT2D eigenvalue weighted by Gasteiger charge is -2.33. The van der Waals surface area contributed by atoms with Gasteiger partial charge in [-0.25, -0.2) is 13.2 Å². The van der Waals surface area contributed by atoms with E-state index in [2.05, 4.69) is 5.32 Å². The van der Waals surface area contributed by atoms with Crippen molar-refractivity contribution in [3.8, 4) is 0 Å². The molecule has 1 aliphatic rings. The van der Waals surface area contributed by atoms with Gasteiger partial charge in [0.1, 0.15) is 0 Å². The molecule has 0 spiro atoms. The third-order valence-corrected chi connectivity index (χ3v) is 4.34. The summed E-state index contributed by atoms with van der Waals surface area (Å²) >= 11 is 0. The SMILES string of the molecule is CC(=O)N(CCNC(=O)c1ccc(F)c(F)c1F)C1CCCCC1. The van der Waals surface area contributed by atoms with Crippen LogP contribution in [0.2, 0.25) is 0 Å². The van der Waals surface area contributed by atoms with Crippen molar-refractivity contribution in [2.24, 2.45) is 0 Å². The van der Waals surface area contributed by atoms with Crippen LogP contribution in [0.3, 0.4) is 0 Å². The van der Waals surface area contributed by atoms with Crippen LogP contribution in [0.1, 0.15) is 49.4 Å². The van der Waals surface area contributed by atoms with Gasteiger partial charge in [0.25, 0.3) is 5.91 Å². The maximum Gasteiger partial charge on any atom is 0.254 e. The lowest BCUT2D eigenvalue weighted by Crippen LogP contribution is -2.44. The molecule has 24 heavy (non-hydrogen) atoms. The molecule has 1 aromatic rings. The molecular formula is C17H21F3N2O2. The average molecular weight is 342 g/mol. The van der Waals surface area contributed by atoms with Crippen molar-refractivity contribution in [1.82, 2.24) is 10.2 Å². The summed E-state index contributed by atoms with van der Waals surface area (Å²) in [4.78, 5) is 25.4. The second-order valence-electron chi connectivity index (χ2n) is 5.98. The normalized spacial score (nSPS) is 15.2. The van der Waals surface area contributed by atoms with Crippen LogP contribution in [0.5, 0.6) is 0 Å². The third kappa shape index (κ3) is 4.27. The molecule has 4 nitrogen and oxygen atoms in total. The summed E-state index contributed by atoms with van der Waals surface area (Å²) in [5.41, 5.74) is -0.555. The molecule has 7 heteroatoms. The van der Waals surface area contributed by atoms with Crippen LogP contribution >= 0.6 is 0 Å². The fraction of sp³-hybridized carbons (Fsp3) is 0.529. The molecule has 0 aromatic heterocycles. The quantitative estimate of drug-likeness (QED) is 0.836. The zero-order chi connectivity index (χ0) is 17.7. The summed E-state index contributed by atoms with van der Waals surface area (Å²) in [6.45, 7) is 1.90. The molecule has 0 atom stereocenters. The van der Waals surface area contributed by atoms with E-state index in [9.17, 15) is 22.8 Å². The molecule has 2 rings (SSSR count). The molecule has 1 N–H and O–H groups in total. The maximum absolute atomic E-state index is 13.6. The molecule has 0 heterocycles. The largest absolute Gasteiger partial charge is 0.350 e. The standard InChI is InChI=1S/C17H21F3N2O2/c1-11(23)22(12-5-3-2-4-6-12)10-9-21-17(24)13-7-8-14(18)16(20)15(13)19/h7-8,12H,2-6,9-10H2,1H3,(H,21,24). The summed E-state index contributed by atoms with van der Waals surface area (Å²) in [6, 6.07) is 1.76. The second kappa shape index (κ2) is 8.17. The smallest absolute Gasteiger partial charge is 0.254 e. The molecule has 0 unspecified atom stereocenters. The number of carbonyl (C=O) groups excluding carboxylic acids is 2. The summed E-state index contributed by atoms with van der Waals surface area (Å²) in [5, 5.41) is 2.45. The van der Waals surface area contributed by atoms with E-state index < -0.39 is 28.9 Å². The number of nitrogens with zero attached hydrogens (tertiary/aromatic N) is 1. The highest BCUT2D eigenvalue weighted by molar-refractivity contribution is 5.94. The Morgan fingerprint density at radius 1 is 1.12 bits per heavy atom. The lowest BCUT2D eigenvalue weighted by molar-refractivity contribution is -0.131. The van der Waals surface area contributed by atoms with E-state index in [1.165, 1.54) is 6.92 Å². The van der Waals surface area contributed by atoms with Gasteiger partial charge in [-0.05, 0) is 25.0 Å². The molecule has 1 saturated carbocycles. The Bertz CT molecular complexity index is 616. The van der Waals surface area contributed by atoms with Crippen molar-refractivity contribution >= 4 is 11.8 Å². The van der Waals surface area contributed by atoms with Gasteiger partial charge in [-0.1, -0.05) is 19.3 Å². The van der Waals surface area contributed by atoms with Gasteiger partial charge >= 0.3 is 0 Å². The van der Waals surface area contributed by atoms with Crippen LogP contribution in [0.25, 0.3) is 0 Å². The Hall–Kier alpha value is -2.05. The van der Waals surface area contributed by atoms with Crippen molar-refractivity contribution < 1.29 is 22.8 Å². The number of hydrogen-bond acceptors (Lipinski definition) is 2. The van der Waals surface area contributed by atoms with E-state index in [1.54, 1.807) is 4.90 Å². The van der Waals surface area contributed by atoms with E-state index in [-0.39, 0.29) is 18.5 Å². The van der Waals surface area contributed by atoms with Crippen LogP contribution in [-0.4, -0.2) is 35.8 Å². The van der Waals surface area contributed by atoms with Crippen molar-refractivity contribution in [3.63, 3.8) is 0 Å². The minimum absolute atomic E-state index is 0.0739. The van der Waals surface area contributed by atoms with Gasteiger partial charge in [0.15, 0.2) is 17.5 Å². The first kappa shape index (κ1) is 18.3. The van der Waals surface area contributed by atoms with E-state index in [1.807, 2.05) is 0 Å². The Morgan fingerprint density at radius 3 is 2.42 bits per heavy atom. The van der Waals surface area contributed by atoms with Crippen LogP contribution in [-0.2, 0) is 4.79 Å². The molecule has 1 fully saturated rings. The molecule has 0 saturated heterocycles. The van der Waals surface area contributed by atoms with Crippen molar-refractivity contribution in [2.75, 3.05) is 13.1 Å². The van der Waals surface area contributed by atoms with E-state index in [4.69, 9.17) is 0 Å². The third-order valence-electron chi connectivity index (χ3n) is 4.34. The molecule has 1 aromatic carbocycles. The minimum atomic E-state index is -1.67. The van der Waals surface area contributed by atoms with E-state index in [0.29, 0.717) is 12.6 Å². The number of benzene rings is 1. The molecular weight excluding hydrogens is 321 g/mol. The van der Waals surface area contributed by atoms with Crippen LogP contribution in [0.4, 0.5) is 13.2 Å².